The molecule has 1 saturated heterocycles. The molecule has 0 saturated carbocycles. The van der Waals surface area contributed by atoms with Crippen molar-refractivity contribution in [1.82, 2.24) is 4.31 Å². The van der Waals surface area contributed by atoms with Crippen LogP contribution in [0.4, 0.5) is 4.39 Å². The number of thioether (sulfide) groups is 1. The summed E-state index contributed by atoms with van der Waals surface area (Å²) in [6, 6.07) is 9.35. The van der Waals surface area contributed by atoms with E-state index >= 15 is 0 Å². The van der Waals surface area contributed by atoms with E-state index in [-0.39, 0.29) is 22.0 Å². The number of benzene rings is 2. The summed E-state index contributed by atoms with van der Waals surface area (Å²) in [6.07, 6.45) is 0.665. The SMILES string of the molecule is O=S(=O)(c1ccc(F)c(Cl)c1)N1CCSC(c2ccc3c(c2)OCO3)CC1. The lowest BCUT2D eigenvalue weighted by Gasteiger charge is -2.20. The minimum Gasteiger partial charge on any atom is -0.454 e. The molecule has 0 spiro atoms. The molecule has 9 heteroatoms. The van der Waals surface area contributed by atoms with E-state index in [9.17, 15) is 12.8 Å². The average Bonchev–Trinajstić information content (AvgIpc) is 2.97. The van der Waals surface area contributed by atoms with Gasteiger partial charge in [0.2, 0.25) is 16.8 Å². The highest BCUT2D eigenvalue weighted by Crippen LogP contribution is 2.40. The van der Waals surface area contributed by atoms with Crippen LogP contribution in [0.5, 0.6) is 11.5 Å². The topological polar surface area (TPSA) is 55.8 Å². The maximum atomic E-state index is 13.4. The molecule has 0 aromatic heterocycles. The van der Waals surface area contributed by atoms with Crippen molar-refractivity contribution in [2.75, 3.05) is 25.6 Å². The molecule has 2 aliphatic heterocycles. The molecule has 0 bridgehead atoms. The Morgan fingerprint density at radius 3 is 2.74 bits per heavy atom. The summed E-state index contributed by atoms with van der Waals surface area (Å²) in [4.78, 5) is 0.0143. The van der Waals surface area contributed by atoms with Crippen LogP contribution in [0, 0.1) is 5.82 Å². The number of sulfonamides is 1. The molecule has 0 aliphatic carbocycles. The number of fused-ring (bicyclic) bond motifs is 1. The maximum absolute atomic E-state index is 13.4. The van der Waals surface area contributed by atoms with Crippen LogP contribution in [-0.4, -0.2) is 38.4 Å². The van der Waals surface area contributed by atoms with Gasteiger partial charge in [-0.25, -0.2) is 12.8 Å². The van der Waals surface area contributed by atoms with Gasteiger partial charge in [0.15, 0.2) is 11.5 Å². The fraction of sp³-hybridized carbons (Fsp3) is 0.333. The van der Waals surface area contributed by atoms with Crippen molar-refractivity contribution in [3.8, 4) is 11.5 Å². The summed E-state index contributed by atoms with van der Waals surface area (Å²) in [5.74, 6) is 1.48. The number of hydrogen-bond donors (Lipinski definition) is 0. The van der Waals surface area contributed by atoms with Crippen LogP contribution < -0.4 is 9.47 Å². The molecule has 27 heavy (non-hydrogen) atoms. The van der Waals surface area contributed by atoms with Crippen molar-refractivity contribution < 1.29 is 22.3 Å². The van der Waals surface area contributed by atoms with E-state index in [1.165, 1.54) is 16.4 Å². The van der Waals surface area contributed by atoms with Gasteiger partial charge >= 0.3 is 0 Å². The van der Waals surface area contributed by atoms with Crippen LogP contribution in [0.3, 0.4) is 0 Å². The fourth-order valence-electron chi connectivity index (χ4n) is 3.16. The molecule has 0 radical (unpaired) electrons. The Balaban J connectivity index is 1.52. The first-order valence-corrected chi connectivity index (χ1v) is 11.3. The molecule has 1 unspecified atom stereocenters. The Hall–Kier alpha value is -1.48. The van der Waals surface area contributed by atoms with Crippen molar-refractivity contribution in [2.45, 2.75) is 16.6 Å². The van der Waals surface area contributed by atoms with Gasteiger partial charge in [-0.3, -0.25) is 0 Å². The fourth-order valence-corrected chi connectivity index (χ4v) is 6.22. The van der Waals surface area contributed by atoms with E-state index in [1.807, 2.05) is 18.2 Å². The first-order valence-electron chi connectivity index (χ1n) is 8.41. The van der Waals surface area contributed by atoms with E-state index in [1.54, 1.807) is 11.8 Å². The zero-order chi connectivity index (χ0) is 19.0. The minimum absolute atomic E-state index is 0.0143. The molecule has 2 heterocycles. The minimum atomic E-state index is -3.72. The van der Waals surface area contributed by atoms with Gasteiger partial charge in [0, 0.05) is 24.1 Å². The van der Waals surface area contributed by atoms with Gasteiger partial charge in [-0.2, -0.15) is 16.1 Å². The summed E-state index contributed by atoms with van der Waals surface area (Å²) < 4.78 is 51.4. The van der Waals surface area contributed by atoms with Gasteiger partial charge in [-0.15, -0.1) is 0 Å². The van der Waals surface area contributed by atoms with E-state index < -0.39 is 15.8 Å². The number of nitrogens with zero attached hydrogens (tertiary/aromatic N) is 1. The van der Waals surface area contributed by atoms with Crippen LogP contribution in [0.25, 0.3) is 0 Å². The Morgan fingerprint density at radius 2 is 1.93 bits per heavy atom. The van der Waals surface area contributed by atoms with Crippen LogP contribution in [-0.2, 0) is 10.0 Å². The van der Waals surface area contributed by atoms with Crippen LogP contribution >= 0.6 is 23.4 Å². The van der Waals surface area contributed by atoms with Gasteiger partial charge in [0.25, 0.3) is 0 Å². The molecular formula is C18H17ClFNO4S2. The van der Waals surface area contributed by atoms with E-state index in [0.717, 1.165) is 23.1 Å². The van der Waals surface area contributed by atoms with Gasteiger partial charge in [-0.1, -0.05) is 17.7 Å². The summed E-state index contributed by atoms with van der Waals surface area (Å²) in [6.45, 7) is 0.995. The van der Waals surface area contributed by atoms with Crippen LogP contribution in [0.2, 0.25) is 5.02 Å². The summed E-state index contributed by atoms with van der Waals surface area (Å²) >= 11 is 7.47. The molecule has 1 fully saturated rings. The third-order valence-corrected chi connectivity index (χ3v) is 8.11. The van der Waals surface area contributed by atoms with Crippen LogP contribution in [0.15, 0.2) is 41.3 Å². The molecule has 0 amide bonds. The highest BCUT2D eigenvalue weighted by Gasteiger charge is 2.29. The monoisotopic (exact) mass is 429 g/mol. The second kappa shape index (κ2) is 7.50. The summed E-state index contributed by atoms with van der Waals surface area (Å²) in [5, 5.41) is -0.0324. The van der Waals surface area contributed by atoms with Gasteiger partial charge in [0.1, 0.15) is 5.82 Å². The molecular weight excluding hydrogens is 413 g/mol. The molecule has 2 aromatic rings. The molecule has 144 valence electrons. The zero-order valence-electron chi connectivity index (χ0n) is 14.2. The predicted octanol–water partition coefficient (Wildman–Crippen LogP) is 4.08. The van der Waals surface area contributed by atoms with E-state index in [2.05, 4.69) is 0 Å². The lowest BCUT2D eigenvalue weighted by molar-refractivity contribution is 0.174. The molecule has 1 atom stereocenters. The highest BCUT2D eigenvalue weighted by molar-refractivity contribution is 7.99. The lowest BCUT2D eigenvalue weighted by Crippen LogP contribution is -2.33. The first-order chi connectivity index (χ1) is 12.9. The third-order valence-electron chi connectivity index (χ3n) is 4.60. The summed E-state index contributed by atoms with van der Waals surface area (Å²) in [7, 11) is -3.72. The zero-order valence-corrected chi connectivity index (χ0v) is 16.6. The number of halogens is 2. The largest absolute Gasteiger partial charge is 0.454 e. The van der Waals surface area contributed by atoms with Crippen molar-refractivity contribution in [3.05, 3.63) is 52.8 Å². The van der Waals surface area contributed by atoms with Gasteiger partial charge in [0.05, 0.1) is 9.92 Å². The van der Waals surface area contributed by atoms with E-state index in [0.29, 0.717) is 25.3 Å². The lowest BCUT2D eigenvalue weighted by atomic mass is 10.1. The van der Waals surface area contributed by atoms with Crippen molar-refractivity contribution in [3.63, 3.8) is 0 Å². The summed E-state index contributed by atoms with van der Waals surface area (Å²) in [5.41, 5.74) is 1.09. The Labute approximate surface area is 166 Å². The number of hydrogen-bond acceptors (Lipinski definition) is 5. The standard InChI is InChI=1S/C18H17ClFNO4S2/c19-14-10-13(2-3-15(14)20)27(22,23)21-6-5-18(26-8-7-21)12-1-4-16-17(9-12)25-11-24-16/h1-4,9-10,18H,5-8,11H2. The number of rotatable bonds is 3. The number of ether oxygens (including phenoxy) is 2. The first kappa shape index (κ1) is 18.9. The Kier molecular flexibility index (Phi) is 5.24. The highest BCUT2D eigenvalue weighted by atomic mass is 35.5. The van der Waals surface area contributed by atoms with Crippen molar-refractivity contribution >= 4 is 33.4 Å². The second-order valence-electron chi connectivity index (χ2n) is 6.24. The van der Waals surface area contributed by atoms with Crippen molar-refractivity contribution in [2.24, 2.45) is 0 Å². The molecule has 2 aliphatic rings. The Bertz CT molecular complexity index is 970. The van der Waals surface area contributed by atoms with Gasteiger partial charge < -0.3 is 9.47 Å². The maximum Gasteiger partial charge on any atom is 0.243 e. The van der Waals surface area contributed by atoms with E-state index in [4.69, 9.17) is 21.1 Å². The smallest absolute Gasteiger partial charge is 0.243 e. The van der Waals surface area contributed by atoms with Crippen molar-refractivity contribution in [1.29, 1.82) is 0 Å². The third kappa shape index (κ3) is 3.76. The molecule has 0 N–H and O–H groups in total. The van der Waals surface area contributed by atoms with Gasteiger partial charge in [-0.05, 0) is 42.3 Å². The Morgan fingerprint density at radius 1 is 1.11 bits per heavy atom. The molecule has 5 nitrogen and oxygen atoms in total. The average molecular weight is 430 g/mol. The second-order valence-corrected chi connectivity index (χ2v) is 9.90. The quantitative estimate of drug-likeness (QED) is 0.736. The van der Waals surface area contributed by atoms with Crippen LogP contribution in [0.1, 0.15) is 17.2 Å². The molecule has 4 rings (SSSR count). The normalized spacial score (nSPS) is 20.4. The predicted molar refractivity (Wildman–Crippen MR) is 103 cm³/mol. The molecule has 2 aromatic carbocycles.